The van der Waals surface area contributed by atoms with Gasteiger partial charge in [-0.05, 0) is 31.9 Å². The zero-order valence-electron chi connectivity index (χ0n) is 17.2. The number of carbonyl (C=O) groups excluding carboxylic acids is 3. The third-order valence-corrected chi connectivity index (χ3v) is 5.50. The Labute approximate surface area is 170 Å². The first-order valence-corrected chi connectivity index (χ1v) is 9.96. The van der Waals surface area contributed by atoms with Crippen LogP contribution in [-0.2, 0) is 19.1 Å². The Morgan fingerprint density at radius 3 is 2.62 bits per heavy atom. The molecule has 0 bridgehead atoms. The highest BCUT2D eigenvalue weighted by atomic mass is 16.5. The van der Waals surface area contributed by atoms with Gasteiger partial charge in [0.15, 0.2) is 0 Å². The second-order valence-corrected chi connectivity index (χ2v) is 7.32. The van der Waals surface area contributed by atoms with E-state index in [0.717, 1.165) is 12.8 Å². The van der Waals surface area contributed by atoms with Crippen LogP contribution in [0.3, 0.4) is 0 Å². The topological polar surface area (TPSA) is 85.4 Å². The second kappa shape index (κ2) is 9.15. The Kier molecular flexibility index (Phi) is 6.61. The van der Waals surface area contributed by atoms with Crippen LogP contribution in [0.2, 0.25) is 0 Å². The van der Waals surface area contributed by atoms with Gasteiger partial charge in [0.2, 0.25) is 11.8 Å². The zero-order chi connectivity index (χ0) is 21.0. The predicted molar refractivity (Wildman–Crippen MR) is 106 cm³/mol. The molecule has 0 N–H and O–H groups in total. The number of amides is 2. The average Bonchev–Trinajstić information content (AvgIpc) is 3.14. The second-order valence-electron chi connectivity index (χ2n) is 7.32. The van der Waals surface area contributed by atoms with Gasteiger partial charge in [0.25, 0.3) is 0 Å². The number of anilines is 1. The number of ether oxygens (including phenoxy) is 3. The molecule has 158 valence electrons. The number of methoxy groups -OCH3 is 2. The first kappa shape index (κ1) is 21.0. The molecule has 2 heterocycles. The van der Waals surface area contributed by atoms with Crippen molar-refractivity contribution >= 4 is 23.5 Å². The van der Waals surface area contributed by atoms with E-state index >= 15 is 0 Å². The molecule has 2 saturated heterocycles. The van der Waals surface area contributed by atoms with Crippen LogP contribution >= 0.6 is 0 Å². The molecule has 2 aliphatic rings. The molecule has 0 saturated carbocycles. The number of carbonyl (C=O) groups is 3. The van der Waals surface area contributed by atoms with Crippen LogP contribution in [0.15, 0.2) is 18.2 Å². The van der Waals surface area contributed by atoms with Crippen molar-refractivity contribution in [3.05, 3.63) is 18.2 Å². The Bertz CT molecular complexity index is 780. The fourth-order valence-corrected chi connectivity index (χ4v) is 4.00. The molecule has 8 nitrogen and oxygen atoms in total. The van der Waals surface area contributed by atoms with Crippen LogP contribution in [0, 0.1) is 11.8 Å². The van der Waals surface area contributed by atoms with Crippen molar-refractivity contribution in [3.63, 3.8) is 0 Å². The molecule has 0 spiro atoms. The quantitative estimate of drug-likeness (QED) is 0.673. The summed E-state index contributed by atoms with van der Waals surface area (Å²) in [6.45, 7) is 3.36. The highest BCUT2D eigenvalue weighted by molar-refractivity contribution is 6.01. The summed E-state index contributed by atoms with van der Waals surface area (Å²) in [6, 6.07) is 5.24. The smallest absolute Gasteiger partial charge is 0.310 e. The van der Waals surface area contributed by atoms with Crippen molar-refractivity contribution in [2.45, 2.75) is 26.2 Å². The normalized spacial score (nSPS) is 21.8. The molecule has 29 heavy (non-hydrogen) atoms. The zero-order valence-corrected chi connectivity index (χ0v) is 17.2. The number of hydrogen-bond donors (Lipinski definition) is 0. The maximum absolute atomic E-state index is 13.0. The lowest BCUT2D eigenvalue weighted by atomic mass is 9.96. The van der Waals surface area contributed by atoms with E-state index in [2.05, 4.69) is 0 Å². The lowest BCUT2D eigenvalue weighted by Crippen LogP contribution is -2.45. The van der Waals surface area contributed by atoms with Gasteiger partial charge in [0.05, 0.1) is 38.3 Å². The standard InChI is InChI=1S/C21H28N2O6/c1-4-29-21(26)14-6-5-9-22(12-14)20(25)15-10-19(24)23(13-15)17-8-7-16(27-2)11-18(17)28-3/h7-8,11,14-15H,4-6,9-10,12-13H2,1-3H3/t14-,15+/m1/s1. The van der Waals surface area contributed by atoms with Gasteiger partial charge in [-0.2, -0.15) is 0 Å². The van der Waals surface area contributed by atoms with Crippen LogP contribution < -0.4 is 14.4 Å². The minimum Gasteiger partial charge on any atom is -0.497 e. The Hall–Kier alpha value is -2.77. The third kappa shape index (κ3) is 4.46. The summed E-state index contributed by atoms with van der Waals surface area (Å²) in [5.74, 6) is -0.0303. The Balaban J connectivity index is 1.70. The molecule has 2 amide bonds. The van der Waals surface area contributed by atoms with E-state index in [4.69, 9.17) is 14.2 Å². The molecule has 1 aromatic rings. The number of hydrogen-bond acceptors (Lipinski definition) is 6. The average molecular weight is 404 g/mol. The molecule has 2 aliphatic heterocycles. The number of esters is 1. The summed E-state index contributed by atoms with van der Waals surface area (Å²) < 4.78 is 15.7. The lowest BCUT2D eigenvalue weighted by Gasteiger charge is -2.33. The molecule has 3 rings (SSSR count). The number of piperidine rings is 1. The van der Waals surface area contributed by atoms with Crippen molar-refractivity contribution < 1.29 is 28.6 Å². The van der Waals surface area contributed by atoms with Gasteiger partial charge in [-0.3, -0.25) is 14.4 Å². The predicted octanol–water partition coefficient (Wildman–Crippen LogP) is 1.86. The molecule has 2 atom stereocenters. The van der Waals surface area contributed by atoms with Crippen molar-refractivity contribution in [1.29, 1.82) is 0 Å². The molecule has 0 aromatic heterocycles. The molecule has 8 heteroatoms. The van der Waals surface area contributed by atoms with Gasteiger partial charge < -0.3 is 24.0 Å². The highest BCUT2D eigenvalue weighted by Crippen LogP contribution is 2.36. The Morgan fingerprint density at radius 1 is 1.14 bits per heavy atom. The molecular weight excluding hydrogens is 376 g/mol. The number of benzene rings is 1. The van der Waals surface area contributed by atoms with Crippen molar-refractivity contribution in [2.75, 3.05) is 45.4 Å². The first-order chi connectivity index (χ1) is 14.0. The summed E-state index contributed by atoms with van der Waals surface area (Å²) >= 11 is 0. The molecular formula is C21H28N2O6. The fraction of sp³-hybridized carbons (Fsp3) is 0.571. The van der Waals surface area contributed by atoms with E-state index in [1.165, 1.54) is 7.11 Å². The van der Waals surface area contributed by atoms with E-state index in [0.29, 0.717) is 43.4 Å². The van der Waals surface area contributed by atoms with Crippen molar-refractivity contribution in [2.24, 2.45) is 11.8 Å². The molecule has 0 radical (unpaired) electrons. The van der Waals surface area contributed by atoms with E-state index < -0.39 is 5.92 Å². The van der Waals surface area contributed by atoms with Crippen LogP contribution in [0.5, 0.6) is 11.5 Å². The SMILES string of the molecule is CCOC(=O)[C@@H]1CCCN(C(=O)[C@H]2CC(=O)N(c3ccc(OC)cc3OC)C2)C1. The van der Waals surface area contributed by atoms with Crippen LogP contribution in [-0.4, -0.2) is 63.1 Å². The molecule has 2 fully saturated rings. The van der Waals surface area contributed by atoms with Gasteiger partial charge in [-0.15, -0.1) is 0 Å². The van der Waals surface area contributed by atoms with Crippen molar-refractivity contribution in [1.82, 2.24) is 4.90 Å². The minimum atomic E-state index is -0.435. The van der Waals surface area contributed by atoms with Gasteiger partial charge in [-0.1, -0.05) is 0 Å². The molecule has 0 aliphatic carbocycles. The summed E-state index contributed by atoms with van der Waals surface area (Å²) in [7, 11) is 3.09. The minimum absolute atomic E-state index is 0.0812. The van der Waals surface area contributed by atoms with E-state index in [9.17, 15) is 14.4 Å². The van der Waals surface area contributed by atoms with Crippen LogP contribution in [0.1, 0.15) is 26.2 Å². The molecule has 1 aromatic carbocycles. The van der Waals surface area contributed by atoms with Gasteiger partial charge in [-0.25, -0.2) is 0 Å². The lowest BCUT2D eigenvalue weighted by molar-refractivity contribution is -0.152. The van der Waals surface area contributed by atoms with Crippen LogP contribution in [0.25, 0.3) is 0 Å². The summed E-state index contributed by atoms with van der Waals surface area (Å²) in [4.78, 5) is 41.0. The van der Waals surface area contributed by atoms with Gasteiger partial charge >= 0.3 is 5.97 Å². The fourth-order valence-electron chi connectivity index (χ4n) is 4.00. The van der Waals surface area contributed by atoms with Crippen molar-refractivity contribution in [3.8, 4) is 11.5 Å². The van der Waals surface area contributed by atoms with Crippen LogP contribution in [0.4, 0.5) is 5.69 Å². The van der Waals surface area contributed by atoms with Gasteiger partial charge in [0, 0.05) is 32.1 Å². The summed E-state index contributed by atoms with van der Waals surface area (Å²) in [5.41, 5.74) is 0.622. The number of likely N-dealkylation sites (tertiary alicyclic amines) is 1. The number of rotatable bonds is 6. The third-order valence-electron chi connectivity index (χ3n) is 5.50. The largest absolute Gasteiger partial charge is 0.497 e. The molecule has 0 unspecified atom stereocenters. The van der Waals surface area contributed by atoms with E-state index in [1.54, 1.807) is 42.0 Å². The Morgan fingerprint density at radius 2 is 1.93 bits per heavy atom. The maximum atomic E-state index is 13.0. The van der Waals surface area contributed by atoms with E-state index in [-0.39, 0.29) is 30.1 Å². The maximum Gasteiger partial charge on any atom is 0.310 e. The first-order valence-electron chi connectivity index (χ1n) is 9.96. The summed E-state index contributed by atoms with van der Waals surface area (Å²) in [5, 5.41) is 0. The monoisotopic (exact) mass is 404 g/mol. The van der Waals surface area contributed by atoms with E-state index in [1.807, 2.05) is 0 Å². The summed E-state index contributed by atoms with van der Waals surface area (Å²) in [6.07, 6.45) is 1.63. The highest BCUT2D eigenvalue weighted by Gasteiger charge is 2.40. The number of nitrogens with zero attached hydrogens (tertiary/aromatic N) is 2. The van der Waals surface area contributed by atoms with Gasteiger partial charge in [0.1, 0.15) is 11.5 Å².